The van der Waals surface area contributed by atoms with E-state index in [0.29, 0.717) is 5.56 Å². The van der Waals surface area contributed by atoms with E-state index < -0.39 is 5.97 Å². The molecule has 2 N–H and O–H groups in total. The molecule has 0 spiro atoms. The molecule has 3 unspecified atom stereocenters. The second-order valence-corrected chi connectivity index (χ2v) is 7.54. The molecule has 2 aliphatic rings. The van der Waals surface area contributed by atoms with Gasteiger partial charge in [0.1, 0.15) is 0 Å². The third kappa shape index (κ3) is 3.05. The average molecular weight is 305 g/mol. The Morgan fingerprint density at radius 2 is 2.24 bits per heavy atom. The number of anilines is 1. The molecule has 0 radical (unpaired) electrons. The molecule has 114 valence electrons. The minimum Gasteiger partial charge on any atom is -0.478 e. The fraction of sp³-hybridized carbons (Fsp3) is 0.588. The van der Waals surface area contributed by atoms with Crippen LogP contribution in [0, 0.1) is 17.8 Å². The van der Waals surface area contributed by atoms with Crippen molar-refractivity contribution in [3.8, 4) is 0 Å². The van der Waals surface area contributed by atoms with E-state index in [9.17, 15) is 9.90 Å². The van der Waals surface area contributed by atoms with Crippen molar-refractivity contribution in [3.05, 3.63) is 23.8 Å². The quantitative estimate of drug-likeness (QED) is 0.767. The maximum absolute atomic E-state index is 11.6. The monoisotopic (exact) mass is 305 g/mol. The van der Waals surface area contributed by atoms with Crippen LogP contribution in [0.3, 0.4) is 0 Å². The van der Waals surface area contributed by atoms with E-state index in [0.717, 1.165) is 40.6 Å². The smallest absolute Gasteiger partial charge is 0.338 e. The molecule has 2 fully saturated rings. The van der Waals surface area contributed by atoms with Gasteiger partial charge in [0.15, 0.2) is 0 Å². The number of hydrogen-bond donors (Lipinski definition) is 2. The lowest BCUT2D eigenvalue weighted by Crippen LogP contribution is -2.21. The van der Waals surface area contributed by atoms with Gasteiger partial charge in [-0.3, -0.25) is 0 Å². The van der Waals surface area contributed by atoms with Crippen molar-refractivity contribution in [1.82, 2.24) is 0 Å². The van der Waals surface area contributed by atoms with Crippen LogP contribution in [0.1, 0.15) is 43.0 Å². The van der Waals surface area contributed by atoms with Gasteiger partial charge >= 0.3 is 5.97 Å². The van der Waals surface area contributed by atoms with Crippen molar-refractivity contribution in [3.63, 3.8) is 0 Å². The van der Waals surface area contributed by atoms with Gasteiger partial charge in [0.25, 0.3) is 0 Å². The summed E-state index contributed by atoms with van der Waals surface area (Å²) in [6, 6.07) is 5.75. The first-order valence-corrected chi connectivity index (χ1v) is 8.90. The first-order chi connectivity index (χ1) is 10.2. The summed E-state index contributed by atoms with van der Waals surface area (Å²) < 4.78 is 0. The third-order valence-corrected chi connectivity index (χ3v) is 5.92. The number of nitrogens with one attached hydrogen (secondary N) is 1. The van der Waals surface area contributed by atoms with Gasteiger partial charge in [-0.15, -0.1) is 11.8 Å². The standard InChI is InChI=1S/C17H23NO2S/c1-2-21-15-5-3-4-14(16(15)17(19)20)18-10-13-9-11-6-7-12(13)8-11/h3-5,11-13,18H,2,6-10H2,1H3,(H,19,20). The summed E-state index contributed by atoms with van der Waals surface area (Å²) in [5.74, 6) is 2.58. The highest BCUT2D eigenvalue weighted by Gasteiger charge is 2.39. The van der Waals surface area contributed by atoms with Gasteiger partial charge in [-0.25, -0.2) is 4.79 Å². The van der Waals surface area contributed by atoms with E-state index in [2.05, 4.69) is 5.32 Å². The Morgan fingerprint density at radius 3 is 2.86 bits per heavy atom. The molecule has 3 atom stereocenters. The Kier molecular flexibility index (Phi) is 4.43. The highest BCUT2D eigenvalue weighted by Crippen LogP contribution is 2.48. The predicted molar refractivity (Wildman–Crippen MR) is 87.2 cm³/mol. The Morgan fingerprint density at radius 1 is 1.38 bits per heavy atom. The largest absolute Gasteiger partial charge is 0.478 e. The molecular formula is C17H23NO2S. The van der Waals surface area contributed by atoms with Crippen LogP contribution in [-0.4, -0.2) is 23.4 Å². The Labute approximate surface area is 130 Å². The van der Waals surface area contributed by atoms with Crippen LogP contribution < -0.4 is 5.32 Å². The molecule has 3 rings (SSSR count). The van der Waals surface area contributed by atoms with Gasteiger partial charge in [0.2, 0.25) is 0 Å². The van der Waals surface area contributed by atoms with Gasteiger partial charge in [0, 0.05) is 17.1 Å². The second-order valence-electron chi connectivity index (χ2n) is 6.23. The number of benzene rings is 1. The van der Waals surface area contributed by atoms with Crippen molar-refractivity contribution < 1.29 is 9.90 Å². The van der Waals surface area contributed by atoms with Crippen LogP contribution in [-0.2, 0) is 0 Å². The molecule has 0 aliphatic heterocycles. The van der Waals surface area contributed by atoms with Crippen LogP contribution in [0.15, 0.2) is 23.1 Å². The molecular weight excluding hydrogens is 282 g/mol. The van der Waals surface area contributed by atoms with Crippen molar-refractivity contribution in [2.75, 3.05) is 17.6 Å². The van der Waals surface area contributed by atoms with E-state index >= 15 is 0 Å². The first kappa shape index (κ1) is 14.8. The summed E-state index contributed by atoms with van der Waals surface area (Å²) in [5, 5.41) is 12.9. The number of rotatable bonds is 6. The third-order valence-electron chi connectivity index (χ3n) is 4.98. The predicted octanol–water partition coefficient (Wildman–Crippen LogP) is 4.34. The molecule has 1 aromatic carbocycles. The summed E-state index contributed by atoms with van der Waals surface area (Å²) in [5.41, 5.74) is 1.22. The summed E-state index contributed by atoms with van der Waals surface area (Å²) in [6.07, 6.45) is 5.49. The normalized spacial score (nSPS) is 27.0. The molecule has 0 heterocycles. The average Bonchev–Trinajstić information content (AvgIpc) is 3.07. The van der Waals surface area contributed by atoms with Crippen molar-refractivity contribution >= 4 is 23.4 Å². The molecule has 2 saturated carbocycles. The fourth-order valence-corrected chi connectivity index (χ4v) is 4.87. The maximum atomic E-state index is 11.6. The Hall–Kier alpha value is -1.16. The van der Waals surface area contributed by atoms with E-state index in [1.165, 1.54) is 25.7 Å². The van der Waals surface area contributed by atoms with Crippen LogP contribution >= 0.6 is 11.8 Å². The van der Waals surface area contributed by atoms with E-state index in [4.69, 9.17) is 0 Å². The topological polar surface area (TPSA) is 49.3 Å². The summed E-state index contributed by atoms with van der Waals surface area (Å²) >= 11 is 1.59. The lowest BCUT2D eigenvalue weighted by Gasteiger charge is -2.23. The first-order valence-electron chi connectivity index (χ1n) is 7.92. The lowest BCUT2D eigenvalue weighted by atomic mass is 9.89. The van der Waals surface area contributed by atoms with Crippen molar-refractivity contribution in [1.29, 1.82) is 0 Å². The second kappa shape index (κ2) is 6.30. The van der Waals surface area contributed by atoms with Gasteiger partial charge in [-0.2, -0.15) is 0 Å². The lowest BCUT2D eigenvalue weighted by molar-refractivity contribution is 0.0694. The zero-order valence-electron chi connectivity index (χ0n) is 12.5. The van der Waals surface area contributed by atoms with Crippen LogP contribution in [0.5, 0.6) is 0 Å². The van der Waals surface area contributed by atoms with Gasteiger partial charge < -0.3 is 10.4 Å². The van der Waals surface area contributed by atoms with Crippen LogP contribution in [0.4, 0.5) is 5.69 Å². The Bertz CT molecular complexity index is 532. The van der Waals surface area contributed by atoms with Crippen molar-refractivity contribution in [2.45, 2.75) is 37.5 Å². The minimum absolute atomic E-state index is 0.438. The van der Waals surface area contributed by atoms with Gasteiger partial charge in [-0.1, -0.05) is 19.4 Å². The SMILES string of the molecule is CCSc1cccc(NCC2CC3CCC2C3)c1C(=O)O. The van der Waals surface area contributed by atoms with Crippen molar-refractivity contribution in [2.24, 2.45) is 17.8 Å². The molecule has 2 aliphatic carbocycles. The molecule has 21 heavy (non-hydrogen) atoms. The molecule has 0 amide bonds. The van der Waals surface area contributed by atoms with E-state index in [1.807, 2.05) is 25.1 Å². The number of carboxylic acids is 1. The molecule has 0 aromatic heterocycles. The number of carbonyl (C=O) groups is 1. The molecule has 3 nitrogen and oxygen atoms in total. The zero-order valence-corrected chi connectivity index (χ0v) is 13.3. The highest BCUT2D eigenvalue weighted by atomic mass is 32.2. The molecule has 1 aromatic rings. The molecule has 2 bridgehead atoms. The van der Waals surface area contributed by atoms with Gasteiger partial charge in [0.05, 0.1) is 5.56 Å². The number of carboxylic acid groups (broad SMARTS) is 1. The molecule has 4 heteroatoms. The summed E-state index contributed by atoms with van der Waals surface area (Å²) in [6.45, 7) is 2.97. The van der Waals surface area contributed by atoms with E-state index in [1.54, 1.807) is 11.8 Å². The minimum atomic E-state index is -0.831. The van der Waals surface area contributed by atoms with Gasteiger partial charge in [-0.05, 0) is 54.9 Å². The highest BCUT2D eigenvalue weighted by molar-refractivity contribution is 7.99. The van der Waals surface area contributed by atoms with E-state index in [-0.39, 0.29) is 0 Å². The summed E-state index contributed by atoms with van der Waals surface area (Å²) in [7, 11) is 0. The summed E-state index contributed by atoms with van der Waals surface area (Å²) in [4.78, 5) is 12.5. The number of thioether (sulfide) groups is 1. The van der Waals surface area contributed by atoms with Crippen LogP contribution in [0.2, 0.25) is 0 Å². The number of hydrogen-bond acceptors (Lipinski definition) is 3. The number of aromatic carboxylic acids is 1. The maximum Gasteiger partial charge on any atom is 0.338 e. The van der Waals surface area contributed by atoms with Crippen LogP contribution in [0.25, 0.3) is 0 Å². The zero-order chi connectivity index (χ0) is 14.8. The Balaban J connectivity index is 1.72. The molecule has 0 saturated heterocycles. The fourth-order valence-electron chi connectivity index (χ4n) is 4.04. The number of fused-ring (bicyclic) bond motifs is 2.